The normalized spacial score (nSPS) is 11.0. The molecular weight excluding hydrogens is 296 g/mol. The lowest BCUT2D eigenvalue weighted by Gasteiger charge is -2.21. The molecule has 7 heteroatoms. The van der Waals surface area contributed by atoms with Crippen LogP contribution in [0.2, 0.25) is 5.02 Å². The number of halogens is 1. The first-order valence-electron chi connectivity index (χ1n) is 6.71. The van der Waals surface area contributed by atoms with Gasteiger partial charge in [0.2, 0.25) is 0 Å². The van der Waals surface area contributed by atoms with Gasteiger partial charge in [-0.05, 0) is 18.1 Å². The first-order valence-corrected chi connectivity index (χ1v) is 7.09. The molecule has 0 aliphatic rings. The van der Waals surface area contributed by atoms with Crippen LogP contribution in [0.4, 0.5) is 5.69 Å². The average molecular weight is 317 g/mol. The Labute approximate surface area is 129 Å². The second-order valence-electron chi connectivity index (χ2n) is 4.66. The van der Waals surface area contributed by atoms with E-state index in [1.807, 2.05) is 6.07 Å². The molecular formula is C14H21ClN2O4. The third-order valence-corrected chi connectivity index (χ3v) is 3.37. The Bertz CT molecular complexity index is 457. The van der Waals surface area contributed by atoms with Gasteiger partial charge in [-0.1, -0.05) is 17.7 Å². The quantitative estimate of drug-likeness (QED) is 0.377. The molecule has 1 aromatic rings. The number of nitro groups is 1. The van der Waals surface area contributed by atoms with Crippen molar-refractivity contribution in [2.45, 2.75) is 13.0 Å². The van der Waals surface area contributed by atoms with Gasteiger partial charge in [-0.2, -0.15) is 0 Å². The van der Waals surface area contributed by atoms with Crippen molar-refractivity contribution in [2.24, 2.45) is 0 Å². The smallest absolute Gasteiger partial charge is 0.288 e. The van der Waals surface area contributed by atoms with Crippen molar-refractivity contribution >= 4 is 17.3 Å². The lowest BCUT2D eigenvalue weighted by molar-refractivity contribution is -0.384. The molecule has 0 bridgehead atoms. The number of methoxy groups -OCH3 is 2. The minimum absolute atomic E-state index is 0.0576. The van der Waals surface area contributed by atoms with Crippen molar-refractivity contribution in [3.63, 3.8) is 0 Å². The fourth-order valence-electron chi connectivity index (χ4n) is 1.98. The molecule has 1 aromatic carbocycles. The lowest BCUT2D eigenvalue weighted by atomic mass is 10.2. The molecule has 6 nitrogen and oxygen atoms in total. The van der Waals surface area contributed by atoms with Crippen LogP contribution in [0.1, 0.15) is 12.0 Å². The second-order valence-corrected chi connectivity index (χ2v) is 5.07. The molecule has 0 saturated heterocycles. The minimum Gasteiger partial charge on any atom is -0.385 e. The summed E-state index contributed by atoms with van der Waals surface area (Å²) in [6.07, 6.45) is 0.899. The van der Waals surface area contributed by atoms with Crippen LogP contribution < -0.4 is 0 Å². The summed E-state index contributed by atoms with van der Waals surface area (Å²) < 4.78 is 10.1. The predicted molar refractivity (Wildman–Crippen MR) is 81.8 cm³/mol. The molecule has 0 aliphatic heterocycles. The summed E-state index contributed by atoms with van der Waals surface area (Å²) >= 11 is 5.82. The highest BCUT2D eigenvalue weighted by Crippen LogP contribution is 2.25. The van der Waals surface area contributed by atoms with Gasteiger partial charge in [0.05, 0.1) is 11.5 Å². The van der Waals surface area contributed by atoms with E-state index in [0.717, 1.165) is 25.1 Å². The zero-order valence-electron chi connectivity index (χ0n) is 12.4. The number of benzene rings is 1. The van der Waals surface area contributed by atoms with Crippen molar-refractivity contribution in [1.29, 1.82) is 0 Å². The summed E-state index contributed by atoms with van der Waals surface area (Å²) in [7, 11) is 3.32. The van der Waals surface area contributed by atoms with Gasteiger partial charge in [0.15, 0.2) is 0 Å². The number of hydrogen-bond donors (Lipinski definition) is 0. The summed E-state index contributed by atoms with van der Waals surface area (Å²) in [5.74, 6) is 0. The molecule has 0 amide bonds. The van der Waals surface area contributed by atoms with Crippen LogP contribution in [0, 0.1) is 10.1 Å². The number of nitro benzene ring substituents is 1. The molecule has 0 heterocycles. The van der Waals surface area contributed by atoms with Crippen LogP contribution in [0.3, 0.4) is 0 Å². The summed E-state index contributed by atoms with van der Waals surface area (Å²) in [6.45, 7) is 3.52. The van der Waals surface area contributed by atoms with Crippen LogP contribution in [-0.2, 0) is 16.0 Å². The first kappa shape index (κ1) is 17.8. The molecule has 21 heavy (non-hydrogen) atoms. The first-order chi connectivity index (χ1) is 10.1. The molecule has 0 N–H and O–H groups in total. The maximum absolute atomic E-state index is 10.9. The van der Waals surface area contributed by atoms with Crippen LogP contribution in [-0.4, -0.2) is 50.3 Å². The zero-order valence-corrected chi connectivity index (χ0v) is 13.1. The van der Waals surface area contributed by atoms with E-state index in [9.17, 15) is 10.1 Å². The monoisotopic (exact) mass is 316 g/mol. The zero-order chi connectivity index (χ0) is 15.7. The van der Waals surface area contributed by atoms with Crippen molar-refractivity contribution in [2.75, 3.05) is 40.5 Å². The summed E-state index contributed by atoms with van der Waals surface area (Å²) in [6, 6.07) is 4.91. The molecule has 0 fully saturated rings. The molecule has 1 rings (SSSR count). The fraction of sp³-hybridized carbons (Fsp3) is 0.571. The Morgan fingerprint density at radius 1 is 1.24 bits per heavy atom. The molecule has 0 aliphatic carbocycles. The molecule has 0 aromatic heterocycles. The number of nitrogens with zero attached hydrogens (tertiary/aromatic N) is 2. The molecule has 0 radical (unpaired) electrons. The van der Waals surface area contributed by atoms with Crippen molar-refractivity contribution in [3.05, 3.63) is 38.9 Å². The van der Waals surface area contributed by atoms with E-state index in [2.05, 4.69) is 4.90 Å². The highest BCUT2D eigenvalue weighted by molar-refractivity contribution is 6.32. The number of ether oxygens (including phenoxy) is 2. The van der Waals surface area contributed by atoms with Crippen molar-refractivity contribution in [1.82, 2.24) is 4.90 Å². The Balaban J connectivity index is 2.72. The summed E-state index contributed by atoms with van der Waals surface area (Å²) in [5.41, 5.74) is 0.803. The van der Waals surface area contributed by atoms with E-state index in [-0.39, 0.29) is 10.7 Å². The topological polar surface area (TPSA) is 64.8 Å². The van der Waals surface area contributed by atoms with E-state index in [0.29, 0.717) is 19.8 Å². The Kier molecular flexibility index (Phi) is 8.22. The van der Waals surface area contributed by atoms with Gasteiger partial charge in [0.25, 0.3) is 5.69 Å². The largest absolute Gasteiger partial charge is 0.385 e. The van der Waals surface area contributed by atoms with E-state index in [1.165, 1.54) is 6.07 Å². The SMILES string of the molecule is COCCCN(CCOC)Cc1ccc(Cl)c([N+](=O)[O-])c1. The van der Waals surface area contributed by atoms with E-state index in [1.54, 1.807) is 20.3 Å². The van der Waals surface area contributed by atoms with E-state index >= 15 is 0 Å². The van der Waals surface area contributed by atoms with E-state index < -0.39 is 4.92 Å². The van der Waals surface area contributed by atoms with E-state index in [4.69, 9.17) is 21.1 Å². The average Bonchev–Trinajstić information content (AvgIpc) is 2.46. The molecule has 0 unspecified atom stereocenters. The van der Waals surface area contributed by atoms with Crippen molar-refractivity contribution in [3.8, 4) is 0 Å². The standard InChI is InChI=1S/C14H21ClN2O4/c1-20-8-3-6-16(7-9-21-2)11-12-4-5-13(15)14(10-12)17(18)19/h4-5,10H,3,6-9,11H2,1-2H3. The Morgan fingerprint density at radius 2 is 1.95 bits per heavy atom. The van der Waals surface area contributed by atoms with Crippen molar-refractivity contribution < 1.29 is 14.4 Å². The third kappa shape index (κ3) is 6.39. The second kappa shape index (κ2) is 9.68. The molecule has 0 atom stereocenters. The fourth-order valence-corrected chi connectivity index (χ4v) is 2.16. The Hall–Kier alpha value is -1.21. The molecule has 0 spiro atoms. The van der Waals surface area contributed by atoms with Crippen LogP contribution in [0.15, 0.2) is 18.2 Å². The highest BCUT2D eigenvalue weighted by Gasteiger charge is 2.14. The van der Waals surface area contributed by atoms with Crippen LogP contribution in [0.25, 0.3) is 0 Å². The van der Waals surface area contributed by atoms with Gasteiger partial charge >= 0.3 is 0 Å². The van der Waals surface area contributed by atoms with Gasteiger partial charge in [0, 0.05) is 46.5 Å². The maximum atomic E-state index is 10.9. The molecule has 118 valence electrons. The number of hydrogen-bond acceptors (Lipinski definition) is 5. The maximum Gasteiger partial charge on any atom is 0.288 e. The third-order valence-electron chi connectivity index (χ3n) is 3.05. The van der Waals surface area contributed by atoms with Crippen LogP contribution in [0.5, 0.6) is 0 Å². The number of rotatable bonds is 10. The Morgan fingerprint density at radius 3 is 2.57 bits per heavy atom. The summed E-state index contributed by atoms with van der Waals surface area (Å²) in [4.78, 5) is 12.6. The van der Waals surface area contributed by atoms with Crippen LogP contribution >= 0.6 is 11.6 Å². The lowest BCUT2D eigenvalue weighted by Crippen LogP contribution is -2.28. The summed E-state index contributed by atoms with van der Waals surface area (Å²) in [5, 5.41) is 11.1. The predicted octanol–water partition coefficient (Wildman–Crippen LogP) is 2.73. The van der Waals surface area contributed by atoms with Gasteiger partial charge in [-0.3, -0.25) is 15.0 Å². The molecule has 0 saturated carbocycles. The van der Waals surface area contributed by atoms with Gasteiger partial charge in [0.1, 0.15) is 5.02 Å². The van der Waals surface area contributed by atoms with Gasteiger partial charge in [-0.15, -0.1) is 0 Å². The minimum atomic E-state index is -0.462. The van der Waals surface area contributed by atoms with Gasteiger partial charge in [-0.25, -0.2) is 0 Å². The van der Waals surface area contributed by atoms with Gasteiger partial charge < -0.3 is 9.47 Å². The highest BCUT2D eigenvalue weighted by atomic mass is 35.5.